The largest absolute Gasteiger partial charge is 0.508 e. The second-order valence-corrected chi connectivity index (χ2v) is 4.87. The molecule has 3 heterocycles. The summed E-state index contributed by atoms with van der Waals surface area (Å²) in [5, 5.41) is 11.7. The van der Waals surface area contributed by atoms with Crippen LogP contribution in [0.3, 0.4) is 0 Å². The van der Waals surface area contributed by atoms with E-state index in [0.717, 1.165) is 52.6 Å². The van der Waals surface area contributed by atoms with Crippen LogP contribution in [-0.2, 0) is 0 Å². The molecule has 0 amide bonds. The van der Waals surface area contributed by atoms with E-state index < -0.39 is 0 Å². The summed E-state index contributed by atoms with van der Waals surface area (Å²) >= 11 is 0. The van der Waals surface area contributed by atoms with Crippen LogP contribution in [0, 0.1) is 0 Å². The average molecular weight is 251 g/mol. The van der Waals surface area contributed by atoms with Crippen molar-refractivity contribution >= 4 is 27.5 Å². The Labute approximate surface area is 109 Å². The highest BCUT2D eigenvalue weighted by Crippen LogP contribution is 2.30. The first-order chi connectivity index (χ1) is 9.33. The lowest BCUT2D eigenvalue weighted by Gasteiger charge is -2.01. The number of phenols is 1. The molecular formula is C15H13N3O. The number of pyridine rings is 1. The predicted octanol–water partition coefficient (Wildman–Crippen LogP) is 3.00. The minimum Gasteiger partial charge on any atom is -0.508 e. The highest BCUT2D eigenvalue weighted by atomic mass is 16.3. The van der Waals surface area contributed by atoms with Gasteiger partial charge in [0.05, 0.1) is 11.2 Å². The molecule has 1 aliphatic heterocycles. The van der Waals surface area contributed by atoms with Crippen LogP contribution in [-0.4, -0.2) is 27.3 Å². The molecule has 2 aromatic heterocycles. The van der Waals surface area contributed by atoms with Gasteiger partial charge in [-0.2, -0.15) is 0 Å². The smallest absolute Gasteiger partial charge is 0.116 e. The van der Waals surface area contributed by atoms with E-state index >= 15 is 0 Å². The van der Waals surface area contributed by atoms with E-state index in [4.69, 9.17) is 0 Å². The van der Waals surface area contributed by atoms with Crippen LogP contribution in [0.1, 0.15) is 18.5 Å². The number of aromatic amines is 1. The van der Waals surface area contributed by atoms with Gasteiger partial charge in [-0.25, -0.2) is 0 Å². The maximum Gasteiger partial charge on any atom is 0.116 e. The molecule has 0 spiro atoms. The molecule has 0 atom stereocenters. The Kier molecular flexibility index (Phi) is 2.12. The summed E-state index contributed by atoms with van der Waals surface area (Å²) in [6, 6.07) is 7.35. The van der Waals surface area contributed by atoms with Gasteiger partial charge in [0.15, 0.2) is 0 Å². The maximum absolute atomic E-state index is 9.64. The van der Waals surface area contributed by atoms with Gasteiger partial charge in [-0.05, 0) is 37.1 Å². The maximum atomic E-state index is 9.64. The molecule has 0 fully saturated rings. The number of nitrogens with one attached hydrogen (secondary N) is 1. The van der Waals surface area contributed by atoms with E-state index in [9.17, 15) is 5.11 Å². The first-order valence-corrected chi connectivity index (χ1v) is 6.46. The molecule has 4 nitrogen and oxygen atoms in total. The van der Waals surface area contributed by atoms with Crippen LogP contribution >= 0.6 is 0 Å². The Balaban J connectivity index is 2.08. The van der Waals surface area contributed by atoms with E-state index in [-0.39, 0.29) is 5.75 Å². The molecule has 0 radical (unpaired) electrons. The number of H-pyrrole nitrogens is 1. The Morgan fingerprint density at radius 3 is 2.95 bits per heavy atom. The van der Waals surface area contributed by atoms with Crippen molar-refractivity contribution in [1.29, 1.82) is 0 Å². The number of fused-ring (bicyclic) bond motifs is 3. The number of rotatable bonds is 1. The molecule has 1 aliphatic rings. The van der Waals surface area contributed by atoms with E-state index in [0.29, 0.717) is 0 Å². The lowest BCUT2D eigenvalue weighted by molar-refractivity contribution is 0.476. The molecule has 94 valence electrons. The minimum absolute atomic E-state index is 0.282. The first-order valence-electron chi connectivity index (χ1n) is 6.46. The number of aromatic nitrogens is 2. The number of phenolic OH excluding ortho intramolecular Hbond substituents is 1. The summed E-state index contributed by atoms with van der Waals surface area (Å²) in [5.74, 6) is 0.282. The number of aliphatic imine (C=N–C) groups is 1. The molecule has 19 heavy (non-hydrogen) atoms. The van der Waals surface area contributed by atoms with Crippen molar-refractivity contribution in [2.45, 2.75) is 12.8 Å². The Morgan fingerprint density at radius 1 is 1.16 bits per heavy atom. The number of aromatic hydroxyl groups is 1. The fourth-order valence-electron chi connectivity index (χ4n) is 2.76. The SMILES string of the molecule is Oc1ccc2[nH]c3c(C4=NCCC4)nccc3c2c1. The van der Waals surface area contributed by atoms with Crippen LogP contribution in [0.5, 0.6) is 5.75 Å². The van der Waals surface area contributed by atoms with Crippen LogP contribution in [0.2, 0.25) is 0 Å². The zero-order valence-electron chi connectivity index (χ0n) is 10.3. The van der Waals surface area contributed by atoms with E-state index in [1.54, 1.807) is 12.1 Å². The normalized spacial score (nSPS) is 15.3. The number of nitrogens with zero attached hydrogens (tertiary/aromatic N) is 2. The van der Waals surface area contributed by atoms with Gasteiger partial charge in [-0.15, -0.1) is 0 Å². The molecule has 3 aromatic rings. The van der Waals surface area contributed by atoms with Gasteiger partial charge in [-0.3, -0.25) is 9.98 Å². The number of hydrogen-bond donors (Lipinski definition) is 2. The summed E-state index contributed by atoms with van der Waals surface area (Å²) in [7, 11) is 0. The fourth-order valence-corrected chi connectivity index (χ4v) is 2.76. The molecule has 0 bridgehead atoms. The number of hydrogen-bond acceptors (Lipinski definition) is 3. The van der Waals surface area contributed by atoms with Crippen LogP contribution in [0.4, 0.5) is 0 Å². The summed E-state index contributed by atoms with van der Waals surface area (Å²) < 4.78 is 0. The van der Waals surface area contributed by atoms with Gasteiger partial charge in [0.25, 0.3) is 0 Å². The van der Waals surface area contributed by atoms with E-state index in [2.05, 4.69) is 15.0 Å². The Morgan fingerprint density at radius 2 is 2.11 bits per heavy atom. The molecule has 0 unspecified atom stereocenters. The van der Waals surface area contributed by atoms with Gasteiger partial charge in [0.2, 0.25) is 0 Å². The molecule has 1 aromatic carbocycles. The van der Waals surface area contributed by atoms with Crippen molar-refractivity contribution in [3.05, 3.63) is 36.2 Å². The van der Waals surface area contributed by atoms with Crippen molar-refractivity contribution in [1.82, 2.24) is 9.97 Å². The summed E-state index contributed by atoms with van der Waals surface area (Å²) in [4.78, 5) is 12.4. The van der Waals surface area contributed by atoms with Crippen molar-refractivity contribution in [3.8, 4) is 5.75 Å². The third-order valence-electron chi connectivity index (χ3n) is 3.65. The molecule has 0 saturated heterocycles. The highest BCUT2D eigenvalue weighted by molar-refractivity contribution is 6.16. The molecule has 0 aliphatic carbocycles. The van der Waals surface area contributed by atoms with Gasteiger partial charge < -0.3 is 10.1 Å². The third kappa shape index (κ3) is 1.53. The minimum atomic E-state index is 0.282. The zero-order valence-corrected chi connectivity index (χ0v) is 10.3. The second-order valence-electron chi connectivity index (χ2n) is 4.87. The van der Waals surface area contributed by atoms with Gasteiger partial charge in [-0.1, -0.05) is 0 Å². The van der Waals surface area contributed by atoms with E-state index in [1.165, 1.54) is 0 Å². The van der Waals surface area contributed by atoms with Crippen molar-refractivity contribution in [2.24, 2.45) is 4.99 Å². The fraction of sp³-hybridized carbons (Fsp3) is 0.200. The van der Waals surface area contributed by atoms with Crippen molar-refractivity contribution in [2.75, 3.05) is 6.54 Å². The zero-order chi connectivity index (χ0) is 12.8. The standard InChI is InChI=1S/C15H13N3O/c19-9-3-4-12-11(8-9)10-5-7-17-15(14(10)18-12)13-2-1-6-16-13/h3-5,7-8,18-19H,1-2,6H2. The summed E-state index contributed by atoms with van der Waals surface area (Å²) in [6.07, 6.45) is 3.91. The molecule has 4 heteroatoms. The second kappa shape index (κ2) is 3.82. The molecular weight excluding hydrogens is 238 g/mol. The lowest BCUT2D eigenvalue weighted by Crippen LogP contribution is -2.00. The molecule has 2 N–H and O–H groups in total. The first kappa shape index (κ1) is 10.6. The summed E-state index contributed by atoms with van der Waals surface area (Å²) in [6.45, 7) is 0.897. The van der Waals surface area contributed by atoms with Crippen molar-refractivity contribution in [3.63, 3.8) is 0 Å². The van der Waals surface area contributed by atoms with E-state index in [1.807, 2.05) is 18.3 Å². The van der Waals surface area contributed by atoms with Crippen LogP contribution in [0.15, 0.2) is 35.5 Å². The van der Waals surface area contributed by atoms with Crippen LogP contribution in [0.25, 0.3) is 21.8 Å². The van der Waals surface area contributed by atoms with Crippen LogP contribution < -0.4 is 0 Å². The highest BCUT2D eigenvalue weighted by Gasteiger charge is 2.16. The van der Waals surface area contributed by atoms with Gasteiger partial charge in [0, 0.05) is 29.0 Å². The molecule has 0 saturated carbocycles. The number of benzene rings is 1. The van der Waals surface area contributed by atoms with Gasteiger partial charge in [0.1, 0.15) is 11.4 Å². The quantitative estimate of drug-likeness (QED) is 0.698. The monoisotopic (exact) mass is 251 g/mol. The van der Waals surface area contributed by atoms with Gasteiger partial charge >= 0.3 is 0 Å². The predicted molar refractivity (Wildman–Crippen MR) is 75.9 cm³/mol. The lowest BCUT2D eigenvalue weighted by atomic mass is 10.1. The van der Waals surface area contributed by atoms with Crippen molar-refractivity contribution < 1.29 is 5.11 Å². The Bertz CT molecular complexity index is 817. The third-order valence-corrected chi connectivity index (χ3v) is 3.65. The molecule has 4 rings (SSSR count). The summed E-state index contributed by atoms with van der Waals surface area (Å²) in [5.41, 5.74) is 4.07. The average Bonchev–Trinajstić information content (AvgIpc) is 3.05. The topological polar surface area (TPSA) is 61.3 Å². The Hall–Kier alpha value is -2.36.